The second kappa shape index (κ2) is 9.09. The number of amides is 1. The van der Waals surface area contributed by atoms with E-state index >= 15 is 0 Å². The van der Waals surface area contributed by atoms with E-state index in [-0.39, 0.29) is 0 Å². The maximum Gasteiger partial charge on any atom is 0.347 e. The molecule has 0 bridgehead atoms. The molecule has 0 saturated heterocycles. The van der Waals surface area contributed by atoms with Gasteiger partial charge in [0.15, 0.2) is 12.7 Å². The highest BCUT2D eigenvalue weighted by atomic mass is 19.1. The van der Waals surface area contributed by atoms with Crippen molar-refractivity contribution in [2.45, 2.75) is 13.0 Å². The van der Waals surface area contributed by atoms with Gasteiger partial charge in [0, 0.05) is 12.1 Å². The molecule has 0 aliphatic carbocycles. The Balaban J connectivity index is 1.87. The zero-order valence-corrected chi connectivity index (χ0v) is 14.5. The van der Waals surface area contributed by atoms with Crippen molar-refractivity contribution in [1.82, 2.24) is 0 Å². The summed E-state index contributed by atoms with van der Waals surface area (Å²) in [6.07, 6.45) is -1.05. The lowest BCUT2D eigenvalue weighted by Gasteiger charge is -2.14. The van der Waals surface area contributed by atoms with E-state index in [2.05, 4.69) is 5.32 Å². The zero-order chi connectivity index (χ0) is 20.7. The van der Waals surface area contributed by atoms with Gasteiger partial charge in [-0.2, -0.15) is 5.26 Å². The van der Waals surface area contributed by atoms with Gasteiger partial charge in [-0.1, -0.05) is 0 Å². The molecule has 28 heavy (non-hydrogen) atoms. The van der Waals surface area contributed by atoms with Crippen LogP contribution in [-0.2, 0) is 14.3 Å². The topological polar surface area (TPSA) is 132 Å². The third-order valence-electron chi connectivity index (χ3n) is 3.41. The molecule has 0 heterocycles. The lowest BCUT2D eigenvalue weighted by Crippen LogP contribution is -2.29. The van der Waals surface area contributed by atoms with Gasteiger partial charge in [0.2, 0.25) is 0 Å². The molecule has 0 unspecified atom stereocenters. The monoisotopic (exact) mass is 387 g/mol. The van der Waals surface area contributed by atoms with Crippen LogP contribution in [0.1, 0.15) is 12.5 Å². The number of nitro benzene ring substituents is 1. The number of esters is 1. The maximum absolute atomic E-state index is 13.6. The quantitative estimate of drug-likeness (QED) is 0.439. The lowest BCUT2D eigenvalue weighted by molar-refractivity contribution is -0.384. The van der Waals surface area contributed by atoms with Crippen molar-refractivity contribution >= 4 is 23.3 Å². The Labute approximate surface area is 158 Å². The number of carbonyl (C=O) groups is 2. The third kappa shape index (κ3) is 5.50. The van der Waals surface area contributed by atoms with Crippen LogP contribution in [0.2, 0.25) is 0 Å². The van der Waals surface area contributed by atoms with Gasteiger partial charge >= 0.3 is 5.97 Å². The first kappa shape index (κ1) is 20.3. The molecule has 10 heteroatoms. The molecule has 1 N–H and O–H groups in total. The van der Waals surface area contributed by atoms with Crippen LogP contribution in [0.25, 0.3) is 0 Å². The molecule has 0 saturated carbocycles. The Morgan fingerprint density at radius 3 is 2.57 bits per heavy atom. The number of ether oxygens (including phenoxy) is 2. The van der Waals surface area contributed by atoms with E-state index in [0.29, 0.717) is 11.3 Å². The molecule has 144 valence electrons. The SMILES string of the molecule is C[C@@H](Oc1ccc(C#N)cc1)C(=O)OCC(=O)Nc1cc([N+](=O)[O-])ccc1F. The number of carbonyl (C=O) groups excluding carboxylic acids is 2. The van der Waals surface area contributed by atoms with Crippen molar-refractivity contribution in [3.63, 3.8) is 0 Å². The molecule has 0 radical (unpaired) electrons. The molecule has 2 rings (SSSR count). The van der Waals surface area contributed by atoms with Gasteiger partial charge in [-0.3, -0.25) is 14.9 Å². The second-order valence-corrected chi connectivity index (χ2v) is 5.47. The van der Waals surface area contributed by atoms with Gasteiger partial charge in [-0.05, 0) is 37.3 Å². The first-order valence-electron chi connectivity index (χ1n) is 7.87. The summed E-state index contributed by atoms with van der Waals surface area (Å²) in [6, 6.07) is 10.6. The molecule has 0 spiro atoms. The Morgan fingerprint density at radius 2 is 1.96 bits per heavy atom. The predicted octanol–water partition coefficient (Wildman–Crippen LogP) is 2.55. The predicted molar refractivity (Wildman–Crippen MR) is 93.9 cm³/mol. The third-order valence-corrected chi connectivity index (χ3v) is 3.41. The minimum absolute atomic E-state index is 0.326. The highest BCUT2D eigenvalue weighted by Crippen LogP contribution is 2.21. The fourth-order valence-electron chi connectivity index (χ4n) is 2.02. The number of halogens is 1. The Bertz CT molecular complexity index is 939. The van der Waals surface area contributed by atoms with Gasteiger partial charge in [0.05, 0.1) is 22.2 Å². The first-order valence-corrected chi connectivity index (χ1v) is 7.87. The molecule has 1 atom stereocenters. The van der Waals surface area contributed by atoms with Crippen molar-refractivity contribution in [3.05, 3.63) is 64.0 Å². The second-order valence-electron chi connectivity index (χ2n) is 5.47. The van der Waals surface area contributed by atoms with Gasteiger partial charge < -0.3 is 14.8 Å². The van der Waals surface area contributed by atoms with Crippen molar-refractivity contribution < 1.29 is 28.4 Å². The van der Waals surface area contributed by atoms with Crippen molar-refractivity contribution in [2.24, 2.45) is 0 Å². The highest BCUT2D eigenvalue weighted by Gasteiger charge is 2.19. The summed E-state index contributed by atoms with van der Waals surface area (Å²) in [7, 11) is 0. The molecule has 2 aromatic rings. The summed E-state index contributed by atoms with van der Waals surface area (Å²) in [4.78, 5) is 33.7. The molecule has 2 aromatic carbocycles. The fraction of sp³-hybridized carbons (Fsp3) is 0.167. The van der Waals surface area contributed by atoms with E-state index in [1.54, 1.807) is 0 Å². The van der Waals surface area contributed by atoms with Crippen molar-refractivity contribution in [3.8, 4) is 11.8 Å². The summed E-state index contributed by atoms with van der Waals surface area (Å²) in [5.41, 5.74) is -0.386. The fourth-order valence-corrected chi connectivity index (χ4v) is 2.02. The standard InChI is InChI=1S/C18H14FN3O6/c1-11(28-14-5-2-12(9-20)3-6-14)18(24)27-10-17(23)21-16-8-13(22(25)26)4-7-15(16)19/h2-8,11H,10H2,1H3,(H,21,23)/t11-/m1/s1. The number of benzene rings is 2. The van der Waals surface area contributed by atoms with Crippen LogP contribution in [0.5, 0.6) is 5.75 Å². The Kier molecular flexibility index (Phi) is 6.59. The molecular weight excluding hydrogens is 373 g/mol. The number of nitrogens with zero attached hydrogens (tertiary/aromatic N) is 2. The number of rotatable bonds is 7. The van der Waals surface area contributed by atoms with E-state index in [0.717, 1.165) is 18.2 Å². The minimum Gasteiger partial charge on any atom is -0.479 e. The van der Waals surface area contributed by atoms with Crippen LogP contribution >= 0.6 is 0 Å². The van der Waals surface area contributed by atoms with Crippen LogP contribution in [0, 0.1) is 27.3 Å². The van der Waals surface area contributed by atoms with Gasteiger partial charge in [-0.15, -0.1) is 0 Å². The van der Waals surface area contributed by atoms with Crippen LogP contribution in [0.4, 0.5) is 15.8 Å². The number of nitro groups is 1. The number of nitriles is 1. The Hall–Kier alpha value is -4.00. The summed E-state index contributed by atoms with van der Waals surface area (Å²) >= 11 is 0. The van der Waals surface area contributed by atoms with E-state index in [4.69, 9.17) is 14.7 Å². The summed E-state index contributed by atoms with van der Waals surface area (Å²) in [6.45, 7) is 0.667. The normalized spacial score (nSPS) is 11.0. The maximum atomic E-state index is 13.6. The van der Waals surface area contributed by atoms with Gasteiger partial charge in [0.25, 0.3) is 11.6 Å². The van der Waals surface area contributed by atoms with Crippen molar-refractivity contribution in [1.29, 1.82) is 5.26 Å². The number of nitrogens with one attached hydrogen (secondary N) is 1. The molecule has 9 nitrogen and oxygen atoms in total. The number of non-ortho nitro benzene ring substituents is 1. The molecule has 0 aliphatic heterocycles. The van der Waals surface area contributed by atoms with E-state index in [1.807, 2.05) is 6.07 Å². The summed E-state index contributed by atoms with van der Waals surface area (Å²) in [5.74, 6) is -2.27. The van der Waals surface area contributed by atoms with Crippen LogP contribution in [0.15, 0.2) is 42.5 Å². The zero-order valence-electron chi connectivity index (χ0n) is 14.5. The molecule has 0 aliphatic rings. The van der Waals surface area contributed by atoms with Gasteiger partial charge in [0.1, 0.15) is 11.6 Å². The highest BCUT2D eigenvalue weighted by molar-refractivity contribution is 5.93. The smallest absolute Gasteiger partial charge is 0.347 e. The van der Waals surface area contributed by atoms with E-state index < -0.39 is 46.7 Å². The first-order chi connectivity index (χ1) is 13.3. The summed E-state index contributed by atoms with van der Waals surface area (Å²) < 4.78 is 23.8. The van der Waals surface area contributed by atoms with Gasteiger partial charge in [-0.25, -0.2) is 9.18 Å². The minimum atomic E-state index is -1.05. The largest absolute Gasteiger partial charge is 0.479 e. The molecular formula is C18H14FN3O6. The summed E-state index contributed by atoms with van der Waals surface area (Å²) in [5, 5.41) is 21.5. The van der Waals surface area contributed by atoms with Crippen LogP contribution < -0.4 is 10.1 Å². The molecule has 0 fully saturated rings. The molecule has 0 aromatic heterocycles. The lowest BCUT2D eigenvalue weighted by atomic mass is 10.2. The average molecular weight is 387 g/mol. The number of hydrogen-bond donors (Lipinski definition) is 1. The van der Waals surface area contributed by atoms with E-state index in [9.17, 15) is 24.1 Å². The Morgan fingerprint density at radius 1 is 1.29 bits per heavy atom. The van der Waals surface area contributed by atoms with Crippen LogP contribution in [-0.4, -0.2) is 29.5 Å². The van der Waals surface area contributed by atoms with E-state index in [1.165, 1.54) is 31.2 Å². The number of hydrogen-bond acceptors (Lipinski definition) is 7. The molecule has 1 amide bonds. The van der Waals surface area contributed by atoms with Crippen molar-refractivity contribution in [2.75, 3.05) is 11.9 Å². The average Bonchev–Trinajstić information content (AvgIpc) is 2.68. The number of anilines is 1. The van der Waals surface area contributed by atoms with Crippen LogP contribution in [0.3, 0.4) is 0 Å².